The van der Waals surface area contributed by atoms with Gasteiger partial charge in [-0.05, 0) is 50.7 Å². The van der Waals surface area contributed by atoms with Gasteiger partial charge in [0.2, 0.25) is 0 Å². The quantitative estimate of drug-likeness (QED) is 0.698. The molecule has 0 aliphatic carbocycles. The number of hydrogen-bond donors (Lipinski definition) is 1. The molecule has 2 N–H and O–H groups in total. The molecule has 1 saturated heterocycles. The van der Waals surface area contributed by atoms with E-state index in [4.69, 9.17) is 5.73 Å². The van der Waals surface area contributed by atoms with E-state index in [2.05, 4.69) is 18.1 Å². The Bertz CT molecular complexity index is 175. The second-order valence-corrected chi connectivity index (χ2v) is 5.81. The van der Waals surface area contributed by atoms with Crippen molar-refractivity contribution < 1.29 is 0 Å². The van der Waals surface area contributed by atoms with Crippen molar-refractivity contribution in [2.24, 2.45) is 5.73 Å². The van der Waals surface area contributed by atoms with Gasteiger partial charge in [-0.3, -0.25) is 4.90 Å². The van der Waals surface area contributed by atoms with Crippen LogP contribution in [-0.2, 0) is 0 Å². The smallest absolute Gasteiger partial charge is 0.0221 e. The number of hydrogen-bond acceptors (Lipinski definition) is 3. The van der Waals surface area contributed by atoms with Gasteiger partial charge in [-0.25, -0.2) is 0 Å². The lowest BCUT2D eigenvalue weighted by Crippen LogP contribution is -2.49. The molecule has 0 saturated carbocycles. The number of rotatable bonds is 7. The molecular weight excluding hydrogens is 216 g/mol. The highest BCUT2D eigenvalue weighted by molar-refractivity contribution is 7.98. The fourth-order valence-electron chi connectivity index (χ4n) is 2.82. The van der Waals surface area contributed by atoms with Gasteiger partial charge in [0.15, 0.2) is 0 Å². The van der Waals surface area contributed by atoms with Crippen LogP contribution in [0.5, 0.6) is 0 Å². The molecule has 0 radical (unpaired) electrons. The largest absolute Gasteiger partial charge is 0.329 e. The van der Waals surface area contributed by atoms with E-state index in [0.29, 0.717) is 6.04 Å². The van der Waals surface area contributed by atoms with E-state index in [1.807, 2.05) is 11.8 Å². The van der Waals surface area contributed by atoms with Crippen LogP contribution in [0.2, 0.25) is 0 Å². The van der Waals surface area contributed by atoms with Gasteiger partial charge in [-0.15, -0.1) is 0 Å². The zero-order chi connectivity index (χ0) is 11.8. The number of nitrogens with zero attached hydrogens (tertiary/aromatic N) is 1. The Kier molecular flexibility index (Phi) is 7.50. The van der Waals surface area contributed by atoms with E-state index in [1.54, 1.807) is 0 Å². The van der Waals surface area contributed by atoms with Crippen LogP contribution >= 0.6 is 11.8 Å². The van der Waals surface area contributed by atoms with Crippen molar-refractivity contribution >= 4 is 11.8 Å². The maximum Gasteiger partial charge on any atom is 0.0221 e. The summed E-state index contributed by atoms with van der Waals surface area (Å²) in [5, 5.41) is 0. The van der Waals surface area contributed by atoms with Crippen LogP contribution < -0.4 is 5.73 Å². The molecule has 0 aromatic carbocycles. The first-order chi connectivity index (χ1) is 7.83. The van der Waals surface area contributed by atoms with Crippen molar-refractivity contribution in [1.29, 1.82) is 0 Å². The van der Waals surface area contributed by atoms with Crippen LogP contribution in [0, 0.1) is 0 Å². The van der Waals surface area contributed by atoms with Gasteiger partial charge in [0.05, 0.1) is 0 Å². The summed E-state index contributed by atoms with van der Waals surface area (Å²) in [6.45, 7) is 4.43. The fourth-order valence-corrected chi connectivity index (χ4v) is 3.28. The third-order valence-electron chi connectivity index (χ3n) is 3.77. The Balaban J connectivity index is 2.41. The van der Waals surface area contributed by atoms with E-state index >= 15 is 0 Å². The molecule has 2 unspecified atom stereocenters. The second kappa shape index (κ2) is 8.37. The average molecular weight is 244 g/mol. The van der Waals surface area contributed by atoms with E-state index < -0.39 is 0 Å². The Morgan fingerprint density at radius 2 is 2.25 bits per heavy atom. The van der Waals surface area contributed by atoms with E-state index in [-0.39, 0.29) is 0 Å². The lowest BCUT2D eigenvalue weighted by atomic mass is 9.96. The summed E-state index contributed by atoms with van der Waals surface area (Å²) in [6, 6.07) is 1.44. The highest BCUT2D eigenvalue weighted by atomic mass is 32.2. The number of nitrogens with two attached hydrogens (primary N) is 1. The minimum atomic E-state index is 0.636. The fraction of sp³-hybridized carbons (Fsp3) is 1.00. The summed E-state index contributed by atoms with van der Waals surface area (Å²) in [6.07, 6.45) is 10.2. The first-order valence-corrected chi connectivity index (χ1v) is 8.17. The zero-order valence-electron chi connectivity index (χ0n) is 11.0. The normalized spacial score (nSPS) is 24.6. The van der Waals surface area contributed by atoms with Crippen LogP contribution in [0.1, 0.15) is 45.4 Å². The van der Waals surface area contributed by atoms with Crippen molar-refractivity contribution in [2.45, 2.75) is 57.5 Å². The Morgan fingerprint density at radius 1 is 1.44 bits per heavy atom. The molecule has 3 heteroatoms. The van der Waals surface area contributed by atoms with Gasteiger partial charge >= 0.3 is 0 Å². The molecule has 1 aliphatic rings. The predicted molar refractivity (Wildman–Crippen MR) is 75.1 cm³/mol. The highest BCUT2D eigenvalue weighted by Gasteiger charge is 2.26. The minimum Gasteiger partial charge on any atom is -0.329 e. The average Bonchev–Trinajstić information content (AvgIpc) is 2.35. The highest BCUT2D eigenvalue weighted by Crippen LogP contribution is 2.23. The van der Waals surface area contributed by atoms with Crippen LogP contribution in [-0.4, -0.2) is 42.1 Å². The summed E-state index contributed by atoms with van der Waals surface area (Å²) in [5.41, 5.74) is 5.95. The van der Waals surface area contributed by atoms with Crippen molar-refractivity contribution in [2.75, 3.05) is 25.1 Å². The predicted octanol–water partition coefficient (Wildman–Crippen LogP) is 2.72. The topological polar surface area (TPSA) is 29.3 Å². The van der Waals surface area contributed by atoms with Gasteiger partial charge in [0.1, 0.15) is 0 Å². The third kappa shape index (κ3) is 4.27. The number of piperidine rings is 1. The van der Waals surface area contributed by atoms with Crippen LogP contribution in [0.25, 0.3) is 0 Å². The molecule has 1 fully saturated rings. The van der Waals surface area contributed by atoms with Gasteiger partial charge in [-0.2, -0.15) is 11.8 Å². The molecule has 16 heavy (non-hydrogen) atoms. The summed E-state index contributed by atoms with van der Waals surface area (Å²) in [7, 11) is 0. The van der Waals surface area contributed by atoms with Gasteiger partial charge in [0, 0.05) is 18.6 Å². The van der Waals surface area contributed by atoms with E-state index in [0.717, 1.165) is 12.6 Å². The molecule has 2 nitrogen and oxygen atoms in total. The van der Waals surface area contributed by atoms with Gasteiger partial charge in [0.25, 0.3) is 0 Å². The maximum absolute atomic E-state index is 5.95. The first-order valence-electron chi connectivity index (χ1n) is 6.78. The van der Waals surface area contributed by atoms with E-state index in [9.17, 15) is 0 Å². The summed E-state index contributed by atoms with van der Waals surface area (Å²) < 4.78 is 0. The van der Waals surface area contributed by atoms with Crippen molar-refractivity contribution in [1.82, 2.24) is 4.90 Å². The molecule has 1 aliphatic heterocycles. The molecular formula is C13H28N2S. The SMILES string of the molecule is CCC1CCCCN1C(CN)CCCSC. The third-order valence-corrected chi connectivity index (χ3v) is 4.47. The Hall–Kier alpha value is 0.270. The molecule has 0 aromatic heterocycles. The van der Waals surface area contributed by atoms with Crippen molar-refractivity contribution in [3.8, 4) is 0 Å². The zero-order valence-corrected chi connectivity index (χ0v) is 11.8. The molecule has 96 valence electrons. The number of likely N-dealkylation sites (tertiary alicyclic amines) is 1. The lowest BCUT2D eigenvalue weighted by Gasteiger charge is -2.40. The van der Waals surface area contributed by atoms with E-state index in [1.165, 1.54) is 50.8 Å². The molecule has 1 rings (SSSR count). The first kappa shape index (κ1) is 14.3. The second-order valence-electron chi connectivity index (χ2n) is 4.82. The molecule has 1 heterocycles. The standard InChI is InChI=1S/C13H28N2S/c1-3-12-7-4-5-9-15(12)13(11-14)8-6-10-16-2/h12-13H,3-11,14H2,1-2H3. The monoisotopic (exact) mass is 244 g/mol. The molecule has 0 aromatic rings. The van der Waals surface area contributed by atoms with Crippen molar-refractivity contribution in [3.05, 3.63) is 0 Å². The van der Waals surface area contributed by atoms with Crippen LogP contribution in [0.15, 0.2) is 0 Å². The maximum atomic E-state index is 5.95. The summed E-state index contributed by atoms with van der Waals surface area (Å²) in [5.74, 6) is 1.28. The van der Waals surface area contributed by atoms with Gasteiger partial charge < -0.3 is 5.73 Å². The molecule has 2 atom stereocenters. The van der Waals surface area contributed by atoms with Crippen molar-refractivity contribution in [3.63, 3.8) is 0 Å². The Morgan fingerprint density at radius 3 is 2.88 bits per heavy atom. The van der Waals surface area contributed by atoms with Crippen LogP contribution in [0.4, 0.5) is 0 Å². The molecule has 0 spiro atoms. The van der Waals surface area contributed by atoms with Crippen LogP contribution in [0.3, 0.4) is 0 Å². The molecule has 0 amide bonds. The minimum absolute atomic E-state index is 0.636. The summed E-state index contributed by atoms with van der Waals surface area (Å²) >= 11 is 1.95. The lowest BCUT2D eigenvalue weighted by molar-refractivity contribution is 0.0900. The number of thioether (sulfide) groups is 1. The summed E-state index contributed by atoms with van der Waals surface area (Å²) in [4.78, 5) is 2.70. The van der Waals surface area contributed by atoms with Gasteiger partial charge in [-0.1, -0.05) is 13.3 Å². The molecule has 0 bridgehead atoms. The Labute approximate surface area is 105 Å².